The molecule has 1 aromatic carbocycles. The van der Waals surface area contributed by atoms with Crippen molar-refractivity contribution >= 4 is 49.7 Å². The Hall–Kier alpha value is -3.14. The first kappa shape index (κ1) is 28.4. The van der Waals surface area contributed by atoms with Crippen LogP contribution in [0.15, 0.2) is 27.3 Å². The highest BCUT2D eigenvalue weighted by molar-refractivity contribution is 9.10. The lowest BCUT2D eigenvalue weighted by Gasteiger charge is -2.40. The number of fused-ring (bicyclic) bond motifs is 3. The first-order chi connectivity index (χ1) is 19.1. The minimum atomic E-state index is -0.624. The summed E-state index contributed by atoms with van der Waals surface area (Å²) in [4.78, 5) is 32.2. The second-order valence-electron chi connectivity index (χ2n) is 11.4. The molecule has 0 spiro atoms. The van der Waals surface area contributed by atoms with Crippen LogP contribution in [0.3, 0.4) is 0 Å². The number of carbonyl (C=O) groups excluding carboxylic acids is 1. The lowest BCUT2D eigenvalue weighted by atomic mass is 10.1. The molecule has 0 saturated carbocycles. The fourth-order valence-electron chi connectivity index (χ4n) is 5.38. The number of aromatic nitrogens is 2. The number of anilines is 1. The van der Waals surface area contributed by atoms with Crippen LogP contribution in [0.1, 0.15) is 27.2 Å². The Morgan fingerprint density at radius 3 is 2.75 bits per heavy atom. The highest BCUT2D eigenvalue weighted by Crippen LogP contribution is 2.38. The van der Waals surface area contributed by atoms with Crippen LogP contribution in [0.4, 0.5) is 10.6 Å². The van der Waals surface area contributed by atoms with E-state index in [0.717, 1.165) is 28.2 Å². The van der Waals surface area contributed by atoms with Crippen molar-refractivity contribution in [2.75, 3.05) is 58.4 Å². The largest absolute Gasteiger partial charge is 0.463 e. The summed E-state index contributed by atoms with van der Waals surface area (Å²) in [6.07, 6.45) is 2.28. The van der Waals surface area contributed by atoms with E-state index in [9.17, 15) is 4.79 Å². The molecule has 214 valence electrons. The number of nitrogens with zero attached hydrogens (tertiary/aromatic N) is 6. The molecule has 40 heavy (non-hydrogen) atoms. The van der Waals surface area contributed by atoms with E-state index in [0.29, 0.717) is 43.2 Å². The summed E-state index contributed by atoms with van der Waals surface area (Å²) in [7, 11) is 3.80. The van der Waals surface area contributed by atoms with Crippen LogP contribution in [0.25, 0.3) is 26.7 Å². The standard InChI is InChI=1S/C28H35BrN6O5/c1-28(2,3)40-27(36)35-9-8-34(14-18(35)13-30-4)25-23-22(12-21(29)20-7-10-38-24(20)23)31-26(32-25)39-16-17-11-19(37-6)15-33(17)5/h7,10,12,17-19H,8-9,11,13-16H2,1-3,5-6H3/t17-,18-,19+/m0/s1. The van der Waals surface area contributed by atoms with Gasteiger partial charge in [0.25, 0.3) is 0 Å². The summed E-state index contributed by atoms with van der Waals surface area (Å²) in [5.41, 5.74) is 0.724. The van der Waals surface area contributed by atoms with Gasteiger partial charge in [-0.2, -0.15) is 9.97 Å². The van der Waals surface area contributed by atoms with E-state index >= 15 is 0 Å². The summed E-state index contributed by atoms with van der Waals surface area (Å²) in [6.45, 7) is 15.8. The zero-order valence-electron chi connectivity index (χ0n) is 23.5. The number of benzene rings is 1. The molecule has 0 aliphatic carbocycles. The topological polar surface area (TPSA) is 97.8 Å². The zero-order chi connectivity index (χ0) is 28.6. The van der Waals surface area contributed by atoms with Gasteiger partial charge in [0.1, 0.15) is 29.7 Å². The Morgan fingerprint density at radius 2 is 2.05 bits per heavy atom. The van der Waals surface area contributed by atoms with E-state index in [-0.39, 0.29) is 30.7 Å². The maximum Gasteiger partial charge on any atom is 0.410 e. The third kappa shape index (κ3) is 5.82. The van der Waals surface area contributed by atoms with Gasteiger partial charge >= 0.3 is 12.1 Å². The number of furan rings is 1. The average Bonchev–Trinajstić information content (AvgIpc) is 3.53. The van der Waals surface area contributed by atoms with Crippen molar-refractivity contribution in [3.05, 3.63) is 34.3 Å². The van der Waals surface area contributed by atoms with Gasteiger partial charge in [0.2, 0.25) is 6.54 Å². The molecule has 2 saturated heterocycles. The minimum absolute atomic E-state index is 0.151. The molecule has 1 amide bonds. The number of hydrogen-bond acceptors (Lipinski definition) is 9. The SMILES string of the molecule is [C-]#[N+]C[C@H]1CN(c2nc(OC[C@@H]3C[C@@H](OC)CN3C)nc3cc(Br)c4ccoc4c23)CCN1C(=O)OC(C)(C)C. The number of halogens is 1. The van der Waals surface area contributed by atoms with Crippen molar-refractivity contribution in [3.8, 4) is 6.01 Å². The summed E-state index contributed by atoms with van der Waals surface area (Å²) in [6, 6.07) is 3.94. The number of ether oxygens (including phenoxy) is 3. The normalized spacial score (nSPS) is 22.2. The lowest BCUT2D eigenvalue weighted by molar-refractivity contribution is 0.0155. The molecule has 5 rings (SSSR count). The summed E-state index contributed by atoms with van der Waals surface area (Å²) in [5, 5.41) is 1.68. The molecule has 2 aromatic heterocycles. The number of likely N-dealkylation sites (N-methyl/N-ethyl adjacent to an activating group) is 1. The molecule has 0 unspecified atom stereocenters. The van der Waals surface area contributed by atoms with Crippen LogP contribution in [-0.2, 0) is 9.47 Å². The molecular formula is C28H35BrN6O5. The fraction of sp³-hybridized carbons (Fsp3) is 0.571. The van der Waals surface area contributed by atoms with Gasteiger partial charge in [0.15, 0.2) is 0 Å². The Morgan fingerprint density at radius 1 is 1.25 bits per heavy atom. The molecule has 2 fully saturated rings. The Balaban J connectivity index is 1.49. The minimum Gasteiger partial charge on any atom is -0.463 e. The van der Waals surface area contributed by atoms with Gasteiger partial charge in [-0.1, -0.05) is 0 Å². The molecule has 3 aromatic rings. The van der Waals surface area contributed by atoms with Crippen molar-refractivity contribution in [2.24, 2.45) is 0 Å². The molecule has 2 aliphatic rings. The van der Waals surface area contributed by atoms with Crippen LogP contribution >= 0.6 is 15.9 Å². The van der Waals surface area contributed by atoms with Gasteiger partial charge in [-0.25, -0.2) is 11.4 Å². The van der Waals surface area contributed by atoms with E-state index in [1.54, 1.807) is 18.3 Å². The maximum atomic E-state index is 13.0. The van der Waals surface area contributed by atoms with Crippen molar-refractivity contribution in [2.45, 2.75) is 51.0 Å². The summed E-state index contributed by atoms with van der Waals surface area (Å²) < 4.78 is 24.1. The molecular weight excluding hydrogens is 580 g/mol. The molecule has 4 heterocycles. The predicted molar refractivity (Wildman–Crippen MR) is 155 cm³/mol. The molecule has 11 nitrogen and oxygen atoms in total. The zero-order valence-corrected chi connectivity index (χ0v) is 25.1. The number of likely N-dealkylation sites (tertiary alicyclic amines) is 1. The summed E-state index contributed by atoms with van der Waals surface area (Å²) in [5.74, 6) is 0.654. The third-order valence-corrected chi connectivity index (χ3v) is 8.07. The second-order valence-corrected chi connectivity index (χ2v) is 12.2. The van der Waals surface area contributed by atoms with Crippen molar-refractivity contribution in [1.29, 1.82) is 0 Å². The number of methoxy groups -OCH3 is 1. The van der Waals surface area contributed by atoms with Crippen LogP contribution in [-0.4, -0.2) is 103 Å². The number of hydrogen-bond donors (Lipinski definition) is 0. The maximum absolute atomic E-state index is 13.0. The van der Waals surface area contributed by atoms with E-state index in [1.807, 2.05) is 32.9 Å². The number of amides is 1. The predicted octanol–water partition coefficient (Wildman–Crippen LogP) is 4.58. The van der Waals surface area contributed by atoms with E-state index in [4.69, 9.17) is 35.2 Å². The lowest BCUT2D eigenvalue weighted by Crippen LogP contribution is -2.57. The van der Waals surface area contributed by atoms with E-state index in [2.05, 4.69) is 37.6 Å². The van der Waals surface area contributed by atoms with Gasteiger partial charge in [-0.05, 0) is 62.3 Å². The highest BCUT2D eigenvalue weighted by atomic mass is 79.9. The number of rotatable bonds is 6. The van der Waals surface area contributed by atoms with Gasteiger partial charge in [-0.15, -0.1) is 0 Å². The van der Waals surface area contributed by atoms with Crippen LogP contribution in [0.2, 0.25) is 0 Å². The van der Waals surface area contributed by atoms with E-state index in [1.165, 1.54) is 0 Å². The first-order valence-electron chi connectivity index (χ1n) is 13.4. The molecule has 3 atom stereocenters. The summed E-state index contributed by atoms with van der Waals surface area (Å²) >= 11 is 3.65. The third-order valence-electron chi connectivity index (χ3n) is 7.41. The van der Waals surface area contributed by atoms with Crippen LogP contribution < -0.4 is 9.64 Å². The second kappa shape index (κ2) is 11.4. The van der Waals surface area contributed by atoms with Gasteiger partial charge < -0.3 is 28.4 Å². The fourth-order valence-corrected chi connectivity index (χ4v) is 5.91. The first-order valence-corrected chi connectivity index (χ1v) is 14.2. The molecule has 0 N–H and O–H groups in total. The van der Waals surface area contributed by atoms with Crippen molar-refractivity contribution in [3.63, 3.8) is 0 Å². The monoisotopic (exact) mass is 614 g/mol. The molecule has 0 bridgehead atoms. The Kier molecular flexibility index (Phi) is 8.08. The van der Waals surface area contributed by atoms with Gasteiger partial charge in [-0.3, -0.25) is 9.80 Å². The molecule has 2 aliphatic heterocycles. The van der Waals surface area contributed by atoms with E-state index < -0.39 is 11.7 Å². The quantitative estimate of drug-likeness (QED) is 0.369. The van der Waals surface area contributed by atoms with Crippen LogP contribution in [0, 0.1) is 6.57 Å². The smallest absolute Gasteiger partial charge is 0.410 e. The molecule has 0 radical (unpaired) electrons. The number of carbonyl (C=O) groups is 1. The highest BCUT2D eigenvalue weighted by Gasteiger charge is 2.37. The van der Waals surface area contributed by atoms with Crippen molar-refractivity contribution < 1.29 is 23.4 Å². The number of piperazine rings is 1. The Labute approximate surface area is 242 Å². The van der Waals surface area contributed by atoms with Crippen LogP contribution in [0.5, 0.6) is 6.01 Å². The van der Waals surface area contributed by atoms with Crippen molar-refractivity contribution in [1.82, 2.24) is 19.8 Å². The van der Waals surface area contributed by atoms with Gasteiger partial charge in [0.05, 0.1) is 23.3 Å². The average molecular weight is 616 g/mol. The van der Waals surface area contributed by atoms with Gasteiger partial charge in [0, 0.05) is 49.2 Å². The molecule has 12 heteroatoms. The Bertz CT molecular complexity index is 1430.